The molecule has 2 aromatic rings. The lowest BCUT2D eigenvalue weighted by atomic mass is 9.79. The van der Waals surface area contributed by atoms with E-state index in [0.717, 1.165) is 42.7 Å². The molecule has 1 N–H and O–H groups in total. The van der Waals surface area contributed by atoms with Gasteiger partial charge in [-0.2, -0.15) is 0 Å². The molecule has 4 atom stereocenters. The first kappa shape index (κ1) is 17.1. The molecule has 1 aromatic heterocycles. The van der Waals surface area contributed by atoms with Crippen molar-refractivity contribution in [3.63, 3.8) is 0 Å². The number of thiazole rings is 1. The Morgan fingerprint density at radius 3 is 2.62 bits per heavy atom. The molecule has 2 saturated carbocycles. The van der Waals surface area contributed by atoms with Gasteiger partial charge in [-0.1, -0.05) is 0 Å². The van der Waals surface area contributed by atoms with Crippen molar-refractivity contribution in [1.82, 2.24) is 4.98 Å². The van der Waals surface area contributed by atoms with Crippen LogP contribution in [0.3, 0.4) is 0 Å². The Hall–Kier alpha value is -2.35. The lowest BCUT2D eigenvalue weighted by Crippen LogP contribution is -2.43. The number of carbonyl (C=O) groups is 2. The summed E-state index contributed by atoms with van der Waals surface area (Å²) < 4.78 is 26.9. The molecular weight excluding hydrogens is 362 g/mol. The number of aromatic nitrogens is 1. The molecule has 2 aliphatic rings. The van der Waals surface area contributed by atoms with Crippen LogP contribution in [-0.4, -0.2) is 16.9 Å². The van der Waals surface area contributed by atoms with Gasteiger partial charge in [-0.05, 0) is 43.2 Å². The van der Waals surface area contributed by atoms with Crippen LogP contribution in [-0.2, 0) is 9.59 Å². The predicted octanol–water partition coefficient (Wildman–Crippen LogP) is 2.44. The summed E-state index contributed by atoms with van der Waals surface area (Å²) in [6, 6.07) is 3.19. The second-order valence-electron chi connectivity index (χ2n) is 6.86. The average Bonchev–Trinajstić information content (AvgIpc) is 3.29. The monoisotopic (exact) mass is 377 g/mol. The number of anilines is 1. The first-order chi connectivity index (χ1) is 12.4. The first-order valence-electron chi connectivity index (χ1n) is 8.36. The highest BCUT2D eigenvalue weighted by Crippen LogP contribution is 2.52. The molecule has 0 aliphatic heterocycles. The van der Waals surface area contributed by atoms with E-state index in [1.165, 1.54) is 6.07 Å². The number of hydrogen-bond acceptors (Lipinski definition) is 5. The zero-order valence-corrected chi connectivity index (χ0v) is 14.4. The summed E-state index contributed by atoms with van der Waals surface area (Å²) in [4.78, 5) is 28.2. The van der Waals surface area contributed by atoms with Crippen LogP contribution in [0.15, 0.2) is 23.6 Å². The lowest BCUT2D eigenvalue weighted by molar-refractivity contribution is -0.314. The van der Waals surface area contributed by atoms with Crippen LogP contribution >= 0.6 is 11.3 Å². The molecule has 4 rings (SSSR count). The van der Waals surface area contributed by atoms with Gasteiger partial charge < -0.3 is 15.2 Å². The summed E-state index contributed by atoms with van der Waals surface area (Å²) in [7, 11) is 0. The number of carboxylic acids is 1. The molecular formula is C18H15F2N2O3S-. The molecule has 1 heterocycles. The summed E-state index contributed by atoms with van der Waals surface area (Å²) in [5, 5.41) is 15.9. The van der Waals surface area contributed by atoms with Gasteiger partial charge in [0.2, 0.25) is 5.91 Å². The van der Waals surface area contributed by atoms with E-state index < -0.39 is 29.4 Å². The van der Waals surface area contributed by atoms with Crippen molar-refractivity contribution >= 4 is 28.3 Å². The van der Waals surface area contributed by atoms with E-state index in [2.05, 4.69) is 10.3 Å². The van der Waals surface area contributed by atoms with Gasteiger partial charge in [0, 0.05) is 34.8 Å². The van der Waals surface area contributed by atoms with Crippen molar-refractivity contribution in [2.24, 2.45) is 23.7 Å². The Morgan fingerprint density at radius 2 is 1.92 bits per heavy atom. The van der Waals surface area contributed by atoms with Crippen LogP contribution in [0.25, 0.3) is 11.3 Å². The minimum atomic E-state index is -1.18. The standard InChI is InChI=1S/C18H16F2N2O3S/c19-10-3-4-11(12(20)6-10)13-7-26-18(21-13)22-16(23)14-8-1-2-9(5-8)15(14)17(24)25/h3-4,6-9,14-15H,1-2,5H2,(H,24,25)(H,21,22,23)/p-1/t8-,9+,14-,15+/m1/s1. The summed E-state index contributed by atoms with van der Waals surface area (Å²) in [6.45, 7) is 0. The van der Waals surface area contributed by atoms with E-state index in [9.17, 15) is 23.5 Å². The van der Waals surface area contributed by atoms with E-state index >= 15 is 0 Å². The largest absolute Gasteiger partial charge is 0.550 e. The van der Waals surface area contributed by atoms with Crippen molar-refractivity contribution in [2.75, 3.05) is 5.32 Å². The van der Waals surface area contributed by atoms with Gasteiger partial charge in [0.05, 0.1) is 5.69 Å². The van der Waals surface area contributed by atoms with Gasteiger partial charge >= 0.3 is 0 Å². The van der Waals surface area contributed by atoms with Gasteiger partial charge in [-0.25, -0.2) is 13.8 Å². The smallest absolute Gasteiger partial charge is 0.230 e. The van der Waals surface area contributed by atoms with Crippen molar-refractivity contribution < 1.29 is 23.5 Å². The van der Waals surface area contributed by atoms with Crippen LogP contribution in [0.4, 0.5) is 13.9 Å². The minimum absolute atomic E-state index is 0.000849. The van der Waals surface area contributed by atoms with Gasteiger partial charge in [0.1, 0.15) is 11.6 Å². The third kappa shape index (κ3) is 2.88. The number of benzene rings is 1. The summed E-state index contributed by atoms with van der Waals surface area (Å²) in [6.07, 6.45) is 2.40. The molecule has 8 heteroatoms. The highest BCUT2D eigenvalue weighted by Gasteiger charge is 2.51. The molecule has 0 radical (unpaired) electrons. The Balaban J connectivity index is 1.52. The number of carbonyl (C=O) groups excluding carboxylic acids is 2. The van der Waals surface area contributed by atoms with Crippen molar-refractivity contribution in [2.45, 2.75) is 19.3 Å². The number of hydrogen-bond donors (Lipinski definition) is 1. The Bertz CT molecular complexity index is 885. The fourth-order valence-electron chi connectivity index (χ4n) is 4.35. The number of fused-ring (bicyclic) bond motifs is 2. The molecule has 26 heavy (non-hydrogen) atoms. The first-order valence-corrected chi connectivity index (χ1v) is 9.24. The zero-order valence-electron chi connectivity index (χ0n) is 13.6. The number of rotatable bonds is 4. The van der Waals surface area contributed by atoms with Crippen LogP contribution in [0, 0.1) is 35.3 Å². The molecule has 0 spiro atoms. The number of amides is 1. The Labute approximate surface area is 152 Å². The number of carboxylic acid groups (broad SMARTS) is 1. The second kappa shape index (κ2) is 6.42. The quantitative estimate of drug-likeness (QED) is 0.887. The number of nitrogens with zero attached hydrogens (tertiary/aromatic N) is 1. The summed E-state index contributed by atoms with van der Waals surface area (Å²) in [5.74, 6) is -4.30. The predicted molar refractivity (Wildman–Crippen MR) is 88.9 cm³/mol. The normalized spacial score (nSPS) is 26.8. The third-order valence-corrected chi connectivity index (χ3v) is 6.19. The van der Waals surface area contributed by atoms with Crippen LogP contribution in [0.5, 0.6) is 0 Å². The number of aliphatic carboxylic acids is 1. The van der Waals surface area contributed by atoms with Crippen molar-refractivity contribution in [3.8, 4) is 11.3 Å². The SMILES string of the molecule is O=C(Nc1nc(-c2ccc(F)cc2F)cs1)[C@@H]1[C@@H]2CC[C@@H](C2)[C@@H]1C(=O)[O-]. The third-order valence-electron chi connectivity index (χ3n) is 5.43. The average molecular weight is 377 g/mol. The molecule has 2 fully saturated rings. The maximum absolute atomic E-state index is 13.9. The minimum Gasteiger partial charge on any atom is -0.550 e. The topological polar surface area (TPSA) is 82.1 Å². The maximum Gasteiger partial charge on any atom is 0.230 e. The maximum atomic E-state index is 13.9. The Kier molecular flexibility index (Phi) is 4.22. The van der Waals surface area contributed by atoms with E-state index in [4.69, 9.17) is 0 Å². The molecule has 1 amide bonds. The van der Waals surface area contributed by atoms with Gasteiger partial charge in [-0.3, -0.25) is 4.79 Å². The molecule has 0 saturated heterocycles. The van der Waals surface area contributed by atoms with Crippen molar-refractivity contribution in [3.05, 3.63) is 35.2 Å². The van der Waals surface area contributed by atoms with Crippen LogP contribution in [0.1, 0.15) is 19.3 Å². The highest BCUT2D eigenvalue weighted by atomic mass is 32.1. The lowest BCUT2D eigenvalue weighted by Gasteiger charge is -2.30. The van der Waals surface area contributed by atoms with Crippen molar-refractivity contribution in [1.29, 1.82) is 0 Å². The number of nitrogens with one attached hydrogen (secondary N) is 1. The molecule has 136 valence electrons. The van der Waals surface area contributed by atoms with Crippen LogP contribution in [0.2, 0.25) is 0 Å². The number of halogens is 2. The second-order valence-corrected chi connectivity index (χ2v) is 7.71. The molecule has 1 aromatic carbocycles. The van der Waals surface area contributed by atoms with E-state index in [0.29, 0.717) is 0 Å². The molecule has 2 bridgehead atoms. The summed E-state index contributed by atoms with van der Waals surface area (Å²) >= 11 is 1.11. The molecule has 2 aliphatic carbocycles. The summed E-state index contributed by atoms with van der Waals surface area (Å²) in [5.41, 5.74) is 0.419. The molecule has 5 nitrogen and oxygen atoms in total. The van der Waals surface area contributed by atoms with Gasteiger partial charge in [0.25, 0.3) is 0 Å². The highest BCUT2D eigenvalue weighted by molar-refractivity contribution is 7.14. The fourth-order valence-corrected chi connectivity index (χ4v) is 5.06. The molecule has 0 unspecified atom stereocenters. The van der Waals surface area contributed by atoms with E-state index in [1.54, 1.807) is 5.38 Å². The fraction of sp³-hybridized carbons (Fsp3) is 0.389. The van der Waals surface area contributed by atoms with Crippen LogP contribution < -0.4 is 10.4 Å². The Morgan fingerprint density at radius 1 is 1.19 bits per heavy atom. The zero-order chi connectivity index (χ0) is 18.4. The van der Waals surface area contributed by atoms with E-state index in [1.807, 2.05) is 0 Å². The van der Waals surface area contributed by atoms with E-state index in [-0.39, 0.29) is 34.1 Å². The van der Waals surface area contributed by atoms with Gasteiger partial charge in [0.15, 0.2) is 5.13 Å². The van der Waals surface area contributed by atoms with Gasteiger partial charge in [-0.15, -0.1) is 11.3 Å².